The van der Waals surface area contributed by atoms with E-state index in [0.717, 1.165) is 34.0 Å². The molecule has 0 radical (unpaired) electrons. The molecule has 1 aliphatic carbocycles. The molecule has 0 aromatic heterocycles. The smallest absolute Gasteiger partial charge is 0.125 e. The van der Waals surface area contributed by atoms with Gasteiger partial charge in [-0.2, -0.15) is 0 Å². The lowest BCUT2D eigenvalue weighted by Crippen LogP contribution is -2.09. The Labute approximate surface area is 98.1 Å². The number of halogens is 1. The van der Waals surface area contributed by atoms with Crippen molar-refractivity contribution < 1.29 is 10.2 Å². The van der Waals surface area contributed by atoms with Gasteiger partial charge >= 0.3 is 0 Å². The summed E-state index contributed by atoms with van der Waals surface area (Å²) in [5.74, 6) is 0.258. The number of rotatable bonds is 1. The third kappa shape index (κ3) is 1.49. The maximum atomic E-state index is 10.1. The van der Waals surface area contributed by atoms with E-state index in [1.54, 1.807) is 0 Å². The number of aliphatic hydroxyl groups is 1. The summed E-state index contributed by atoms with van der Waals surface area (Å²) in [7, 11) is 0. The van der Waals surface area contributed by atoms with Crippen LogP contribution in [0.4, 0.5) is 0 Å². The summed E-state index contributed by atoms with van der Waals surface area (Å²) in [6, 6.07) is 0. The predicted octanol–water partition coefficient (Wildman–Crippen LogP) is 3.06. The molecule has 2 rings (SSSR count). The Balaban J connectivity index is 2.74. The zero-order valence-electron chi connectivity index (χ0n) is 9.19. The maximum absolute atomic E-state index is 10.1. The van der Waals surface area contributed by atoms with Crippen molar-refractivity contribution in [3.05, 3.63) is 26.7 Å². The van der Waals surface area contributed by atoms with Gasteiger partial charge in [0.05, 0.1) is 5.60 Å². The Bertz CT molecular complexity index is 405. The van der Waals surface area contributed by atoms with Crippen LogP contribution < -0.4 is 0 Å². The normalized spacial score (nSPS) is 17.9. The van der Waals surface area contributed by atoms with Gasteiger partial charge in [-0.05, 0) is 50.3 Å². The van der Waals surface area contributed by atoms with E-state index in [1.807, 2.05) is 20.8 Å². The molecule has 0 spiro atoms. The second-order valence-electron chi connectivity index (χ2n) is 4.44. The Morgan fingerprint density at radius 1 is 1.07 bits per heavy atom. The van der Waals surface area contributed by atoms with Crippen molar-refractivity contribution in [2.75, 3.05) is 0 Å². The van der Waals surface area contributed by atoms with Gasteiger partial charge in [0.25, 0.3) is 0 Å². The molecule has 0 aliphatic heterocycles. The van der Waals surface area contributed by atoms with Gasteiger partial charge in [-0.1, -0.05) is 15.9 Å². The third-order valence-electron chi connectivity index (χ3n) is 3.38. The fourth-order valence-electron chi connectivity index (χ4n) is 2.04. The van der Waals surface area contributed by atoms with E-state index in [1.165, 1.54) is 0 Å². The molecule has 2 nitrogen and oxygen atoms in total. The van der Waals surface area contributed by atoms with Crippen LogP contribution >= 0.6 is 15.9 Å². The molecular weight excluding hydrogens is 256 g/mol. The average Bonchev–Trinajstić information content (AvgIpc) is 2.91. The first-order valence-electron chi connectivity index (χ1n) is 5.09. The standard InChI is InChI=1S/C12H15BrO2/c1-6-7(2)11(14)9(8(3)10(6)13)12(15)4-5-12/h14-15H,4-5H2,1-3H3. The van der Waals surface area contributed by atoms with E-state index in [-0.39, 0.29) is 5.75 Å². The minimum absolute atomic E-state index is 0.258. The highest BCUT2D eigenvalue weighted by Gasteiger charge is 2.46. The number of aromatic hydroxyl groups is 1. The summed E-state index contributed by atoms with van der Waals surface area (Å²) in [6.45, 7) is 5.78. The molecule has 0 bridgehead atoms. The fourth-order valence-corrected chi connectivity index (χ4v) is 2.53. The lowest BCUT2D eigenvalue weighted by molar-refractivity contribution is 0.147. The second kappa shape index (κ2) is 3.22. The first kappa shape index (κ1) is 11.0. The number of phenols is 1. The van der Waals surface area contributed by atoms with E-state index >= 15 is 0 Å². The molecule has 1 saturated carbocycles. The van der Waals surface area contributed by atoms with Gasteiger partial charge in [-0.3, -0.25) is 0 Å². The molecule has 1 aromatic carbocycles. The largest absolute Gasteiger partial charge is 0.507 e. The molecule has 0 amide bonds. The summed E-state index contributed by atoms with van der Waals surface area (Å²) >= 11 is 3.51. The van der Waals surface area contributed by atoms with Gasteiger partial charge in [-0.15, -0.1) is 0 Å². The monoisotopic (exact) mass is 270 g/mol. The van der Waals surface area contributed by atoms with Crippen molar-refractivity contribution in [1.82, 2.24) is 0 Å². The lowest BCUT2D eigenvalue weighted by atomic mass is 9.94. The Morgan fingerprint density at radius 2 is 1.60 bits per heavy atom. The summed E-state index contributed by atoms with van der Waals surface area (Å²) in [5.41, 5.74) is 2.77. The summed E-state index contributed by atoms with van der Waals surface area (Å²) in [6.07, 6.45) is 1.49. The van der Waals surface area contributed by atoms with Gasteiger partial charge in [0.15, 0.2) is 0 Å². The molecule has 0 atom stereocenters. The van der Waals surface area contributed by atoms with Crippen molar-refractivity contribution in [2.24, 2.45) is 0 Å². The minimum atomic E-state index is -0.783. The van der Waals surface area contributed by atoms with Crippen molar-refractivity contribution >= 4 is 15.9 Å². The molecule has 2 N–H and O–H groups in total. The Hall–Kier alpha value is -0.540. The summed E-state index contributed by atoms with van der Waals surface area (Å²) in [5, 5.41) is 20.2. The highest BCUT2D eigenvalue weighted by molar-refractivity contribution is 9.10. The first-order chi connectivity index (χ1) is 6.88. The van der Waals surface area contributed by atoms with Gasteiger partial charge in [0, 0.05) is 10.0 Å². The molecular formula is C12H15BrO2. The molecule has 0 unspecified atom stereocenters. The molecule has 0 saturated heterocycles. The number of benzene rings is 1. The van der Waals surface area contributed by atoms with E-state index in [4.69, 9.17) is 0 Å². The first-order valence-corrected chi connectivity index (χ1v) is 5.89. The van der Waals surface area contributed by atoms with Gasteiger partial charge in [-0.25, -0.2) is 0 Å². The Morgan fingerprint density at radius 3 is 2.07 bits per heavy atom. The van der Waals surface area contributed by atoms with Crippen LogP contribution in [-0.2, 0) is 5.60 Å². The van der Waals surface area contributed by atoms with Crippen LogP contribution in [0.15, 0.2) is 4.47 Å². The van der Waals surface area contributed by atoms with Crippen LogP contribution in [0.3, 0.4) is 0 Å². The number of phenolic OH excluding ortho intramolecular Hbond substituents is 1. The van der Waals surface area contributed by atoms with Crippen LogP contribution in [0.1, 0.15) is 35.1 Å². The zero-order valence-corrected chi connectivity index (χ0v) is 10.8. The molecule has 1 aromatic rings. The van der Waals surface area contributed by atoms with Crippen LogP contribution in [-0.4, -0.2) is 10.2 Å². The number of hydrogen-bond donors (Lipinski definition) is 2. The average molecular weight is 271 g/mol. The highest BCUT2D eigenvalue weighted by atomic mass is 79.9. The molecule has 1 aliphatic rings. The molecule has 82 valence electrons. The van der Waals surface area contributed by atoms with Crippen LogP contribution in [0, 0.1) is 20.8 Å². The van der Waals surface area contributed by atoms with Gasteiger partial charge in [0.2, 0.25) is 0 Å². The molecule has 15 heavy (non-hydrogen) atoms. The fraction of sp³-hybridized carbons (Fsp3) is 0.500. The topological polar surface area (TPSA) is 40.5 Å². The Kier molecular flexibility index (Phi) is 2.36. The van der Waals surface area contributed by atoms with Crippen molar-refractivity contribution in [3.63, 3.8) is 0 Å². The van der Waals surface area contributed by atoms with E-state index in [0.29, 0.717) is 5.56 Å². The lowest BCUT2D eigenvalue weighted by Gasteiger charge is -2.19. The van der Waals surface area contributed by atoms with Gasteiger partial charge in [0.1, 0.15) is 5.75 Å². The summed E-state index contributed by atoms with van der Waals surface area (Å²) in [4.78, 5) is 0. The minimum Gasteiger partial charge on any atom is -0.507 e. The van der Waals surface area contributed by atoms with E-state index in [9.17, 15) is 10.2 Å². The van der Waals surface area contributed by atoms with E-state index < -0.39 is 5.60 Å². The van der Waals surface area contributed by atoms with Crippen LogP contribution in [0.25, 0.3) is 0 Å². The number of hydrogen-bond acceptors (Lipinski definition) is 2. The third-order valence-corrected chi connectivity index (χ3v) is 4.57. The van der Waals surface area contributed by atoms with Gasteiger partial charge < -0.3 is 10.2 Å². The van der Waals surface area contributed by atoms with Crippen molar-refractivity contribution in [2.45, 2.75) is 39.2 Å². The quantitative estimate of drug-likeness (QED) is 0.824. The summed E-state index contributed by atoms with van der Waals surface area (Å²) < 4.78 is 0.994. The van der Waals surface area contributed by atoms with Crippen LogP contribution in [0.2, 0.25) is 0 Å². The SMILES string of the molecule is Cc1c(C)c(Br)c(C)c(C2(O)CC2)c1O. The maximum Gasteiger partial charge on any atom is 0.125 e. The van der Waals surface area contributed by atoms with Crippen molar-refractivity contribution in [1.29, 1.82) is 0 Å². The molecule has 0 heterocycles. The van der Waals surface area contributed by atoms with E-state index in [2.05, 4.69) is 15.9 Å². The second-order valence-corrected chi connectivity index (χ2v) is 5.24. The molecule has 1 fully saturated rings. The zero-order chi connectivity index (χ0) is 11.4. The highest BCUT2D eigenvalue weighted by Crippen LogP contribution is 2.52. The van der Waals surface area contributed by atoms with Crippen LogP contribution in [0.5, 0.6) is 5.75 Å². The predicted molar refractivity (Wildman–Crippen MR) is 63.1 cm³/mol. The van der Waals surface area contributed by atoms with Crippen molar-refractivity contribution in [3.8, 4) is 5.75 Å². The molecule has 3 heteroatoms.